The summed E-state index contributed by atoms with van der Waals surface area (Å²) >= 11 is 0. The Morgan fingerprint density at radius 3 is 1.20 bits per heavy atom. The van der Waals surface area contributed by atoms with Crippen LogP contribution in [0.15, 0.2) is 98.1 Å². The van der Waals surface area contributed by atoms with Gasteiger partial charge in [0.2, 0.25) is 0 Å². The van der Waals surface area contributed by atoms with Crippen LogP contribution in [0.2, 0.25) is 0 Å². The van der Waals surface area contributed by atoms with Crippen LogP contribution in [0.1, 0.15) is 11.1 Å². The van der Waals surface area contributed by atoms with Gasteiger partial charge in [0.25, 0.3) is 0 Å². The van der Waals surface area contributed by atoms with Crippen LogP contribution in [-0.2, 0) is 0 Å². The zero-order chi connectivity index (χ0) is 14.5. The van der Waals surface area contributed by atoms with Gasteiger partial charge < -0.3 is 0 Å². The lowest BCUT2D eigenvalue weighted by Gasteiger charge is -1.90. The lowest BCUT2D eigenvalue weighted by Crippen LogP contribution is -1.68. The van der Waals surface area contributed by atoms with Crippen molar-refractivity contribution in [1.82, 2.24) is 0 Å². The second-order valence-electron chi connectivity index (χ2n) is 4.01. The van der Waals surface area contributed by atoms with Gasteiger partial charge in [0.1, 0.15) is 0 Å². The molecule has 0 aromatic heterocycles. The molecule has 0 spiro atoms. The van der Waals surface area contributed by atoms with E-state index in [4.69, 9.17) is 0 Å². The Kier molecular flexibility index (Phi) is 7.99. The maximum Gasteiger partial charge on any atom is -0.0257 e. The van der Waals surface area contributed by atoms with Gasteiger partial charge in [-0.2, -0.15) is 0 Å². The van der Waals surface area contributed by atoms with E-state index in [1.807, 2.05) is 36.4 Å². The Morgan fingerprint density at radius 2 is 0.900 bits per heavy atom. The largest absolute Gasteiger partial charge is 0.0991 e. The molecule has 0 radical (unpaired) electrons. The smallest absolute Gasteiger partial charge is 0.0257 e. The van der Waals surface area contributed by atoms with Crippen molar-refractivity contribution < 1.29 is 0 Å². The molecule has 0 saturated carbocycles. The van der Waals surface area contributed by atoms with Crippen molar-refractivity contribution in [2.75, 3.05) is 0 Å². The molecule has 0 saturated heterocycles. The highest BCUT2D eigenvalue weighted by atomic mass is 13.9. The van der Waals surface area contributed by atoms with E-state index in [0.717, 1.165) is 0 Å². The Morgan fingerprint density at radius 1 is 0.550 bits per heavy atom. The van der Waals surface area contributed by atoms with Crippen LogP contribution in [0, 0.1) is 0 Å². The predicted molar refractivity (Wildman–Crippen MR) is 91.3 cm³/mol. The quantitative estimate of drug-likeness (QED) is 0.612. The summed E-state index contributed by atoms with van der Waals surface area (Å²) in [6, 6.07) is 20.6. The molecule has 2 aromatic rings. The minimum Gasteiger partial charge on any atom is -0.0991 e. The number of allylic oxidation sites excluding steroid dienone is 4. The Hall–Kier alpha value is -2.60. The van der Waals surface area contributed by atoms with Gasteiger partial charge in [-0.05, 0) is 11.1 Å². The topological polar surface area (TPSA) is 0 Å². The first kappa shape index (κ1) is 15.5. The van der Waals surface area contributed by atoms with Crippen LogP contribution in [-0.4, -0.2) is 0 Å². The Labute approximate surface area is 122 Å². The third-order valence-electron chi connectivity index (χ3n) is 2.45. The van der Waals surface area contributed by atoms with Crippen molar-refractivity contribution in [3.63, 3.8) is 0 Å². The first-order valence-electron chi connectivity index (χ1n) is 6.55. The number of hydrogen-bond acceptors (Lipinski definition) is 0. The molecular formula is C20H20. The standard InChI is InChI=1S/C16H14.C4H6/c1-3-9-15(10-4-1)13-7-8-14-16-11-5-2-6-12-16;1-3-4-2/h1-14H;3-4H,1-2H2/b13-7+,14-8+;. The van der Waals surface area contributed by atoms with Crippen LogP contribution >= 0.6 is 0 Å². The fourth-order valence-electron chi connectivity index (χ4n) is 1.46. The zero-order valence-corrected chi connectivity index (χ0v) is 11.7. The summed E-state index contributed by atoms with van der Waals surface area (Å²) in [7, 11) is 0. The van der Waals surface area contributed by atoms with E-state index in [2.05, 4.69) is 61.7 Å². The molecule has 0 bridgehead atoms. The molecule has 0 aliphatic heterocycles. The van der Waals surface area contributed by atoms with E-state index in [-0.39, 0.29) is 0 Å². The average molecular weight is 260 g/mol. The molecule has 0 amide bonds. The molecule has 0 fully saturated rings. The summed E-state index contributed by atoms with van der Waals surface area (Å²) in [6.45, 7) is 6.72. The molecule has 0 heteroatoms. The van der Waals surface area contributed by atoms with Crippen LogP contribution in [0.4, 0.5) is 0 Å². The molecule has 0 N–H and O–H groups in total. The fourth-order valence-corrected chi connectivity index (χ4v) is 1.46. The van der Waals surface area contributed by atoms with E-state index in [1.165, 1.54) is 11.1 Å². The predicted octanol–water partition coefficient (Wildman–Crippen LogP) is 5.77. The van der Waals surface area contributed by atoms with Gasteiger partial charge in [0.05, 0.1) is 0 Å². The molecule has 0 heterocycles. The van der Waals surface area contributed by atoms with Crippen molar-refractivity contribution in [2.45, 2.75) is 0 Å². The number of benzene rings is 2. The Bertz CT molecular complexity index is 492. The monoisotopic (exact) mass is 260 g/mol. The van der Waals surface area contributed by atoms with Crippen molar-refractivity contribution in [2.24, 2.45) is 0 Å². The van der Waals surface area contributed by atoms with Crippen molar-refractivity contribution >= 4 is 12.2 Å². The summed E-state index contributed by atoms with van der Waals surface area (Å²) in [5, 5.41) is 0. The molecule has 0 nitrogen and oxygen atoms in total. The van der Waals surface area contributed by atoms with Crippen LogP contribution in [0.5, 0.6) is 0 Å². The van der Waals surface area contributed by atoms with Crippen molar-refractivity contribution in [3.8, 4) is 0 Å². The molecule has 2 rings (SSSR count). The van der Waals surface area contributed by atoms with E-state index in [9.17, 15) is 0 Å². The second kappa shape index (κ2) is 10.3. The lowest BCUT2D eigenvalue weighted by molar-refractivity contribution is 1.65. The summed E-state index contributed by atoms with van der Waals surface area (Å²) in [4.78, 5) is 0. The highest BCUT2D eigenvalue weighted by Crippen LogP contribution is 2.03. The van der Waals surface area contributed by atoms with Crippen LogP contribution in [0.25, 0.3) is 12.2 Å². The molecule has 2 aromatic carbocycles. The minimum atomic E-state index is 1.22. The third kappa shape index (κ3) is 6.97. The van der Waals surface area contributed by atoms with E-state index in [0.29, 0.717) is 0 Å². The molecular weight excluding hydrogens is 240 g/mol. The summed E-state index contributed by atoms with van der Waals surface area (Å²) < 4.78 is 0. The number of rotatable bonds is 4. The fraction of sp³-hybridized carbons (Fsp3) is 0. The van der Waals surface area contributed by atoms with Gasteiger partial charge in [0, 0.05) is 0 Å². The van der Waals surface area contributed by atoms with Gasteiger partial charge in [-0.15, -0.1) is 0 Å². The highest BCUT2D eigenvalue weighted by Gasteiger charge is 1.81. The molecule has 0 atom stereocenters. The molecule has 20 heavy (non-hydrogen) atoms. The van der Waals surface area contributed by atoms with E-state index < -0.39 is 0 Å². The van der Waals surface area contributed by atoms with Crippen LogP contribution in [0.3, 0.4) is 0 Å². The van der Waals surface area contributed by atoms with Gasteiger partial charge >= 0.3 is 0 Å². The summed E-state index contributed by atoms with van der Waals surface area (Å²) in [5.74, 6) is 0. The van der Waals surface area contributed by atoms with Crippen LogP contribution < -0.4 is 0 Å². The van der Waals surface area contributed by atoms with Gasteiger partial charge in [-0.1, -0.05) is 110 Å². The first-order chi connectivity index (χ1) is 9.86. The zero-order valence-electron chi connectivity index (χ0n) is 11.7. The SMILES string of the molecule is C(/C=C/c1ccccc1)=C\c1ccccc1.C=CC=C. The highest BCUT2D eigenvalue weighted by molar-refractivity contribution is 5.56. The molecule has 100 valence electrons. The normalized spacial score (nSPS) is 10.0. The molecule has 0 aliphatic rings. The summed E-state index contributed by atoms with van der Waals surface area (Å²) in [5.41, 5.74) is 2.44. The summed E-state index contributed by atoms with van der Waals surface area (Å²) in [6.07, 6.45) is 11.6. The Balaban J connectivity index is 0.000000444. The van der Waals surface area contributed by atoms with Gasteiger partial charge in [-0.25, -0.2) is 0 Å². The lowest BCUT2D eigenvalue weighted by atomic mass is 10.2. The third-order valence-corrected chi connectivity index (χ3v) is 2.45. The number of hydrogen-bond donors (Lipinski definition) is 0. The van der Waals surface area contributed by atoms with E-state index >= 15 is 0 Å². The van der Waals surface area contributed by atoms with Crippen molar-refractivity contribution in [3.05, 3.63) is 109 Å². The second-order valence-corrected chi connectivity index (χ2v) is 4.01. The van der Waals surface area contributed by atoms with E-state index in [1.54, 1.807) is 12.2 Å². The minimum absolute atomic E-state index is 1.22. The molecule has 0 unspecified atom stereocenters. The average Bonchev–Trinajstić information content (AvgIpc) is 2.54. The maximum atomic E-state index is 3.36. The molecule has 0 aliphatic carbocycles. The van der Waals surface area contributed by atoms with Gasteiger partial charge in [0.15, 0.2) is 0 Å². The first-order valence-corrected chi connectivity index (χ1v) is 6.55. The maximum absolute atomic E-state index is 3.36. The van der Waals surface area contributed by atoms with Crippen molar-refractivity contribution in [1.29, 1.82) is 0 Å². The van der Waals surface area contributed by atoms with Gasteiger partial charge in [-0.3, -0.25) is 0 Å².